The number of rotatable bonds is 4. The first-order chi connectivity index (χ1) is 14.8. The third-order valence-corrected chi connectivity index (χ3v) is 3.43. The van der Waals surface area contributed by atoms with Crippen molar-refractivity contribution in [3.8, 4) is 0 Å². The lowest BCUT2D eigenvalue weighted by atomic mass is 10.2. The molecule has 0 bridgehead atoms. The second-order valence-corrected chi connectivity index (χ2v) is 8.60. The molecule has 11 nitrogen and oxygen atoms in total. The first kappa shape index (κ1) is 24.5. The fourth-order valence-corrected chi connectivity index (χ4v) is 2.24. The van der Waals surface area contributed by atoms with E-state index in [-0.39, 0.29) is 17.3 Å². The standard InChI is InChI=1S/C21H27N5O6/c1-20(2,3)31-18(28)26(19(29)32-21(4,5)6)16-12-11-15(24-25-16)23-14-10-8-9-13(22-14)17(27)30-7/h8-12H,1-7H3,(H,22,23,24). The summed E-state index contributed by atoms with van der Waals surface area (Å²) < 4.78 is 15.3. The SMILES string of the molecule is COC(=O)c1cccc(Nc2ccc(N(C(=O)OC(C)(C)C)C(=O)OC(C)(C)C)nn2)n1. The number of hydrogen-bond donors (Lipinski definition) is 1. The molecule has 0 aliphatic rings. The van der Waals surface area contributed by atoms with Crippen LogP contribution in [0.25, 0.3) is 0 Å². The number of methoxy groups -OCH3 is 1. The molecule has 0 aliphatic carbocycles. The summed E-state index contributed by atoms with van der Waals surface area (Å²) >= 11 is 0. The van der Waals surface area contributed by atoms with Gasteiger partial charge in [-0.15, -0.1) is 10.2 Å². The predicted molar refractivity (Wildman–Crippen MR) is 116 cm³/mol. The summed E-state index contributed by atoms with van der Waals surface area (Å²) in [6.07, 6.45) is -1.90. The van der Waals surface area contributed by atoms with Gasteiger partial charge in [-0.25, -0.2) is 19.4 Å². The van der Waals surface area contributed by atoms with Crippen LogP contribution in [-0.4, -0.2) is 51.6 Å². The van der Waals surface area contributed by atoms with Gasteiger partial charge in [-0.05, 0) is 65.8 Å². The van der Waals surface area contributed by atoms with E-state index in [0.29, 0.717) is 10.7 Å². The fourth-order valence-electron chi connectivity index (χ4n) is 2.24. The molecule has 2 amide bonds. The monoisotopic (exact) mass is 445 g/mol. The number of hydrogen-bond acceptors (Lipinski definition) is 10. The molecule has 0 radical (unpaired) electrons. The van der Waals surface area contributed by atoms with Crippen molar-refractivity contribution in [2.75, 3.05) is 17.3 Å². The molecule has 2 aromatic heterocycles. The minimum Gasteiger partial charge on any atom is -0.464 e. The number of ether oxygens (including phenoxy) is 3. The van der Waals surface area contributed by atoms with Crippen molar-refractivity contribution >= 4 is 35.6 Å². The van der Waals surface area contributed by atoms with Gasteiger partial charge in [0.05, 0.1) is 7.11 Å². The predicted octanol–water partition coefficient (Wildman–Crippen LogP) is 4.08. The van der Waals surface area contributed by atoms with Crippen molar-refractivity contribution in [2.45, 2.75) is 52.7 Å². The van der Waals surface area contributed by atoms with E-state index in [9.17, 15) is 14.4 Å². The van der Waals surface area contributed by atoms with Crippen LogP contribution in [0.3, 0.4) is 0 Å². The summed E-state index contributed by atoms with van der Waals surface area (Å²) in [5.41, 5.74) is -1.58. The van der Waals surface area contributed by atoms with Gasteiger partial charge in [-0.2, -0.15) is 4.90 Å². The molecule has 1 N–H and O–H groups in total. The Balaban J connectivity index is 2.27. The molecule has 172 valence electrons. The molecule has 2 rings (SSSR count). The van der Waals surface area contributed by atoms with E-state index in [0.717, 1.165) is 0 Å². The fraction of sp³-hybridized carbons (Fsp3) is 0.429. The summed E-state index contributed by atoms with van der Waals surface area (Å²) in [5.74, 6) is -0.0848. The van der Waals surface area contributed by atoms with E-state index in [1.54, 1.807) is 53.7 Å². The summed E-state index contributed by atoms with van der Waals surface area (Å²) in [4.78, 5) is 41.7. The number of pyridine rings is 1. The van der Waals surface area contributed by atoms with E-state index >= 15 is 0 Å². The van der Waals surface area contributed by atoms with Crippen molar-refractivity contribution in [3.05, 3.63) is 36.0 Å². The zero-order valence-corrected chi connectivity index (χ0v) is 19.1. The Labute approximate surface area is 186 Å². The molecule has 0 atom stereocenters. The maximum absolute atomic E-state index is 12.7. The molecule has 0 saturated carbocycles. The maximum atomic E-state index is 12.7. The van der Waals surface area contributed by atoms with Crippen LogP contribution in [0.15, 0.2) is 30.3 Å². The number of carbonyl (C=O) groups is 3. The quantitative estimate of drug-likeness (QED) is 0.542. The Bertz CT molecular complexity index is 951. The molecule has 0 spiro atoms. The van der Waals surface area contributed by atoms with Gasteiger partial charge in [-0.1, -0.05) is 6.07 Å². The largest absolute Gasteiger partial charge is 0.464 e. The summed E-state index contributed by atoms with van der Waals surface area (Å²) in [6, 6.07) is 7.63. The molecule has 2 aromatic rings. The summed E-state index contributed by atoms with van der Waals surface area (Å²) in [7, 11) is 1.26. The van der Waals surface area contributed by atoms with Crippen LogP contribution in [0.2, 0.25) is 0 Å². The van der Waals surface area contributed by atoms with Crippen molar-refractivity contribution in [1.29, 1.82) is 0 Å². The Kier molecular flexibility index (Phi) is 7.34. The van der Waals surface area contributed by atoms with E-state index in [2.05, 4.69) is 25.2 Å². The maximum Gasteiger partial charge on any atom is 0.425 e. The van der Waals surface area contributed by atoms with Gasteiger partial charge in [-0.3, -0.25) is 0 Å². The second kappa shape index (κ2) is 9.58. The van der Waals surface area contributed by atoms with Crippen LogP contribution in [-0.2, 0) is 14.2 Å². The molecule has 0 unspecified atom stereocenters. The Morgan fingerprint density at radius 3 is 1.91 bits per heavy atom. The smallest absolute Gasteiger partial charge is 0.425 e. The topological polar surface area (TPSA) is 133 Å². The average Bonchev–Trinajstić information content (AvgIpc) is 2.66. The van der Waals surface area contributed by atoms with E-state index in [1.165, 1.54) is 25.3 Å². The van der Waals surface area contributed by atoms with Crippen molar-refractivity contribution in [2.24, 2.45) is 0 Å². The highest BCUT2D eigenvalue weighted by Gasteiger charge is 2.33. The van der Waals surface area contributed by atoms with Crippen LogP contribution >= 0.6 is 0 Å². The summed E-state index contributed by atoms with van der Waals surface area (Å²) in [5, 5.41) is 10.8. The Hall–Kier alpha value is -3.76. The van der Waals surface area contributed by atoms with Crippen LogP contribution in [0.5, 0.6) is 0 Å². The van der Waals surface area contributed by atoms with Gasteiger partial charge < -0.3 is 19.5 Å². The Morgan fingerprint density at radius 1 is 0.844 bits per heavy atom. The lowest BCUT2D eigenvalue weighted by Gasteiger charge is -2.27. The molecular weight excluding hydrogens is 418 g/mol. The summed E-state index contributed by atoms with van der Waals surface area (Å²) in [6.45, 7) is 10.0. The molecule has 0 aromatic carbocycles. The first-order valence-electron chi connectivity index (χ1n) is 9.71. The number of aromatic nitrogens is 3. The van der Waals surface area contributed by atoms with Crippen LogP contribution in [0, 0.1) is 0 Å². The molecule has 2 heterocycles. The van der Waals surface area contributed by atoms with Crippen LogP contribution < -0.4 is 10.2 Å². The van der Waals surface area contributed by atoms with Crippen LogP contribution in [0.1, 0.15) is 52.0 Å². The highest BCUT2D eigenvalue weighted by atomic mass is 16.6. The zero-order valence-electron chi connectivity index (χ0n) is 19.1. The third kappa shape index (κ3) is 7.18. The van der Waals surface area contributed by atoms with E-state index in [1.807, 2.05) is 0 Å². The van der Waals surface area contributed by atoms with Gasteiger partial charge in [0.1, 0.15) is 17.0 Å². The van der Waals surface area contributed by atoms with Crippen LogP contribution in [0.4, 0.5) is 27.0 Å². The number of carbonyl (C=O) groups excluding carboxylic acids is 3. The molecule has 0 saturated heterocycles. The number of anilines is 3. The van der Waals surface area contributed by atoms with Gasteiger partial charge in [0.2, 0.25) is 0 Å². The lowest BCUT2D eigenvalue weighted by Crippen LogP contribution is -2.44. The molecular formula is C21H27N5O6. The van der Waals surface area contributed by atoms with Gasteiger partial charge >= 0.3 is 18.2 Å². The number of imide groups is 1. The lowest BCUT2D eigenvalue weighted by molar-refractivity contribution is 0.0427. The van der Waals surface area contributed by atoms with Crippen molar-refractivity contribution in [3.63, 3.8) is 0 Å². The van der Waals surface area contributed by atoms with Gasteiger partial charge in [0, 0.05) is 0 Å². The van der Waals surface area contributed by atoms with E-state index < -0.39 is 29.4 Å². The first-order valence-corrected chi connectivity index (χ1v) is 9.71. The number of esters is 1. The minimum atomic E-state index is -0.950. The highest BCUT2D eigenvalue weighted by Crippen LogP contribution is 2.21. The molecule has 0 fully saturated rings. The highest BCUT2D eigenvalue weighted by molar-refractivity contribution is 6.08. The van der Waals surface area contributed by atoms with Crippen molar-refractivity contribution in [1.82, 2.24) is 15.2 Å². The zero-order chi connectivity index (χ0) is 24.1. The third-order valence-electron chi connectivity index (χ3n) is 3.43. The molecule has 0 aliphatic heterocycles. The van der Waals surface area contributed by atoms with Gasteiger partial charge in [0.25, 0.3) is 0 Å². The number of amides is 2. The molecule has 32 heavy (non-hydrogen) atoms. The average molecular weight is 445 g/mol. The number of nitrogens with zero attached hydrogens (tertiary/aromatic N) is 4. The Morgan fingerprint density at radius 2 is 1.44 bits per heavy atom. The van der Waals surface area contributed by atoms with Crippen molar-refractivity contribution < 1.29 is 28.6 Å². The van der Waals surface area contributed by atoms with Gasteiger partial charge in [0.15, 0.2) is 17.3 Å². The second-order valence-electron chi connectivity index (χ2n) is 8.60. The normalized spacial score (nSPS) is 11.3. The number of nitrogens with one attached hydrogen (secondary N) is 1. The van der Waals surface area contributed by atoms with E-state index in [4.69, 9.17) is 9.47 Å². The molecule has 11 heteroatoms. The minimum absolute atomic E-state index is 0.0877.